The average Bonchev–Trinajstić information content (AvgIpc) is 3.57. The Balaban J connectivity index is 1.48. The number of hydrogen-bond acceptors (Lipinski definition) is 5. The standard InChI is InChI=1S/C30H38F2N6O/c1-21(2)15-36(16-23-7-5-4-6-8-23)26-10-12-29-24(13-26)17-38(35-29)22(3)30(39,18-37-20-33-19-34-37)27-11-9-25(31)14-28(27)32/h9-14,17,19-23,39H,4-8,15-16,18H2,1-3H3/t22-,30-/m1/s1. The first-order valence-electron chi connectivity index (χ1n) is 14.0. The van der Waals surface area contributed by atoms with Gasteiger partial charge in [0.1, 0.15) is 29.9 Å². The van der Waals surface area contributed by atoms with Crippen molar-refractivity contribution in [1.29, 1.82) is 0 Å². The second-order valence-electron chi connectivity index (χ2n) is 11.5. The Labute approximate surface area is 228 Å². The number of hydrogen-bond donors (Lipinski definition) is 1. The Morgan fingerprint density at radius 2 is 1.87 bits per heavy atom. The molecule has 7 nitrogen and oxygen atoms in total. The molecule has 0 spiro atoms. The highest BCUT2D eigenvalue weighted by atomic mass is 19.1. The number of fused-ring (bicyclic) bond motifs is 1. The summed E-state index contributed by atoms with van der Waals surface area (Å²) in [5, 5.41) is 21.8. The Morgan fingerprint density at radius 3 is 2.56 bits per heavy atom. The van der Waals surface area contributed by atoms with Gasteiger partial charge in [0, 0.05) is 42.0 Å². The molecule has 0 saturated heterocycles. The summed E-state index contributed by atoms with van der Waals surface area (Å²) in [7, 11) is 0. The number of rotatable bonds is 10. The number of aliphatic hydroxyl groups is 1. The predicted octanol–water partition coefficient (Wildman–Crippen LogP) is 6.10. The predicted molar refractivity (Wildman–Crippen MR) is 148 cm³/mol. The van der Waals surface area contributed by atoms with Crippen molar-refractivity contribution in [3.05, 3.63) is 72.4 Å². The number of anilines is 1. The van der Waals surface area contributed by atoms with Gasteiger partial charge < -0.3 is 10.0 Å². The maximum Gasteiger partial charge on any atom is 0.137 e. The molecule has 1 saturated carbocycles. The first-order valence-corrected chi connectivity index (χ1v) is 14.0. The topological polar surface area (TPSA) is 72.0 Å². The molecular weight excluding hydrogens is 498 g/mol. The van der Waals surface area contributed by atoms with Crippen molar-refractivity contribution in [3.8, 4) is 0 Å². The van der Waals surface area contributed by atoms with E-state index in [9.17, 15) is 9.50 Å². The Bertz CT molecular complexity index is 1380. The van der Waals surface area contributed by atoms with Gasteiger partial charge in [-0.3, -0.25) is 4.68 Å². The van der Waals surface area contributed by atoms with Gasteiger partial charge in [-0.1, -0.05) is 39.2 Å². The lowest BCUT2D eigenvalue weighted by molar-refractivity contribution is -0.0366. The minimum atomic E-state index is -1.78. The molecule has 0 amide bonds. The Hall–Kier alpha value is -3.33. The van der Waals surface area contributed by atoms with Gasteiger partial charge in [0.25, 0.3) is 0 Å². The summed E-state index contributed by atoms with van der Waals surface area (Å²) in [5.74, 6) is -0.281. The van der Waals surface area contributed by atoms with Crippen LogP contribution in [0.25, 0.3) is 10.9 Å². The van der Waals surface area contributed by atoms with Crippen LogP contribution in [0.5, 0.6) is 0 Å². The molecule has 9 heteroatoms. The van der Waals surface area contributed by atoms with Crippen LogP contribution < -0.4 is 4.90 Å². The van der Waals surface area contributed by atoms with E-state index in [4.69, 9.17) is 5.10 Å². The van der Waals surface area contributed by atoms with Crippen LogP contribution in [0.2, 0.25) is 0 Å². The minimum Gasteiger partial charge on any atom is -0.381 e. The average molecular weight is 537 g/mol. The molecule has 208 valence electrons. The van der Waals surface area contributed by atoms with Gasteiger partial charge in [-0.05, 0) is 55.9 Å². The summed E-state index contributed by atoms with van der Waals surface area (Å²) in [6.45, 7) is 8.22. The van der Waals surface area contributed by atoms with Crippen LogP contribution in [0.3, 0.4) is 0 Å². The molecule has 2 aromatic carbocycles. The first-order chi connectivity index (χ1) is 18.7. The van der Waals surface area contributed by atoms with Gasteiger partial charge in [-0.2, -0.15) is 10.2 Å². The van der Waals surface area contributed by atoms with Gasteiger partial charge in [0.05, 0.1) is 18.1 Å². The molecule has 1 aliphatic rings. The van der Waals surface area contributed by atoms with Crippen molar-refractivity contribution in [3.63, 3.8) is 0 Å². The van der Waals surface area contributed by atoms with E-state index in [1.807, 2.05) is 12.3 Å². The summed E-state index contributed by atoms with van der Waals surface area (Å²) in [6, 6.07) is 8.81. The smallest absolute Gasteiger partial charge is 0.137 e. The molecule has 1 fully saturated rings. The normalized spacial score (nSPS) is 17.0. The molecule has 1 N–H and O–H groups in total. The van der Waals surface area contributed by atoms with Gasteiger partial charge >= 0.3 is 0 Å². The fourth-order valence-electron chi connectivity index (χ4n) is 5.90. The lowest BCUT2D eigenvalue weighted by Gasteiger charge is -2.34. The molecule has 0 unspecified atom stereocenters. The van der Waals surface area contributed by atoms with Crippen LogP contribution >= 0.6 is 0 Å². The van der Waals surface area contributed by atoms with Crippen molar-refractivity contribution in [2.75, 3.05) is 18.0 Å². The highest BCUT2D eigenvalue weighted by Crippen LogP contribution is 2.37. The molecule has 1 aliphatic carbocycles. The SMILES string of the molecule is CC(C)CN(CC1CCCCC1)c1ccc2nn([C@H](C)[C@](O)(Cn3cncn3)c3ccc(F)cc3F)cc2c1. The number of aromatic nitrogens is 5. The molecule has 0 bridgehead atoms. The second-order valence-corrected chi connectivity index (χ2v) is 11.5. The molecule has 5 rings (SSSR count). The number of benzene rings is 2. The summed E-state index contributed by atoms with van der Waals surface area (Å²) >= 11 is 0. The molecule has 2 atom stereocenters. The van der Waals surface area contributed by atoms with E-state index in [1.165, 1.54) is 55.5 Å². The van der Waals surface area contributed by atoms with E-state index in [0.717, 1.165) is 41.8 Å². The quantitative estimate of drug-likeness (QED) is 0.265. The van der Waals surface area contributed by atoms with Crippen molar-refractivity contribution in [2.24, 2.45) is 11.8 Å². The van der Waals surface area contributed by atoms with E-state index >= 15 is 4.39 Å². The van der Waals surface area contributed by atoms with E-state index in [2.05, 4.69) is 41.0 Å². The fraction of sp³-hybridized carbons (Fsp3) is 0.500. The highest BCUT2D eigenvalue weighted by Gasteiger charge is 2.41. The number of halogens is 2. The zero-order valence-corrected chi connectivity index (χ0v) is 23.0. The van der Waals surface area contributed by atoms with Gasteiger partial charge in [0.15, 0.2) is 0 Å². The van der Waals surface area contributed by atoms with Crippen molar-refractivity contribution in [2.45, 2.75) is 71.1 Å². The summed E-state index contributed by atoms with van der Waals surface area (Å²) in [4.78, 5) is 6.45. The van der Waals surface area contributed by atoms with Crippen molar-refractivity contribution < 1.29 is 13.9 Å². The molecule has 2 heterocycles. The Kier molecular flexibility index (Phi) is 7.98. The monoisotopic (exact) mass is 536 g/mol. The van der Waals surface area contributed by atoms with Crippen LogP contribution in [0.1, 0.15) is 64.5 Å². The van der Waals surface area contributed by atoms with Crippen LogP contribution in [0.15, 0.2) is 55.2 Å². The maximum atomic E-state index is 15.0. The van der Waals surface area contributed by atoms with E-state index in [1.54, 1.807) is 11.6 Å². The zero-order chi connectivity index (χ0) is 27.6. The molecule has 39 heavy (non-hydrogen) atoms. The lowest BCUT2D eigenvalue weighted by atomic mass is 9.86. The first kappa shape index (κ1) is 27.2. The summed E-state index contributed by atoms with van der Waals surface area (Å²) < 4.78 is 31.9. The van der Waals surface area contributed by atoms with Crippen molar-refractivity contribution >= 4 is 16.6 Å². The van der Waals surface area contributed by atoms with Crippen LogP contribution in [0, 0.1) is 23.5 Å². The molecule has 0 aliphatic heterocycles. The van der Waals surface area contributed by atoms with Crippen molar-refractivity contribution in [1.82, 2.24) is 24.5 Å². The lowest BCUT2D eigenvalue weighted by Crippen LogP contribution is -2.40. The molecule has 0 radical (unpaired) electrons. The third-order valence-electron chi connectivity index (χ3n) is 8.01. The largest absolute Gasteiger partial charge is 0.381 e. The third kappa shape index (κ3) is 5.98. The molecular formula is C30H38F2N6O. The van der Waals surface area contributed by atoms with E-state index < -0.39 is 23.3 Å². The van der Waals surface area contributed by atoms with E-state index in [-0.39, 0.29) is 12.1 Å². The van der Waals surface area contributed by atoms with Crippen LogP contribution in [-0.2, 0) is 12.1 Å². The maximum absolute atomic E-state index is 15.0. The van der Waals surface area contributed by atoms with Gasteiger partial charge in [-0.25, -0.2) is 18.4 Å². The fourth-order valence-corrected chi connectivity index (χ4v) is 5.90. The molecule has 2 aromatic heterocycles. The van der Waals surface area contributed by atoms with Gasteiger partial charge in [0.2, 0.25) is 0 Å². The summed E-state index contributed by atoms with van der Waals surface area (Å²) in [5.41, 5.74) is 0.149. The van der Waals surface area contributed by atoms with Crippen LogP contribution in [0.4, 0.5) is 14.5 Å². The third-order valence-corrected chi connectivity index (χ3v) is 8.01. The minimum absolute atomic E-state index is 0.0252. The van der Waals surface area contributed by atoms with E-state index in [0.29, 0.717) is 11.8 Å². The van der Waals surface area contributed by atoms with Crippen LogP contribution in [-0.4, -0.2) is 42.7 Å². The molecule has 4 aromatic rings. The van der Waals surface area contributed by atoms with Gasteiger partial charge in [-0.15, -0.1) is 0 Å². The Morgan fingerprint density at radius 1 is 1.08 bits per heavy atom. The highest BCUT2D eigenvalue weighted by molar-refractivity contribution is 5.82. The second kappa shape index (κ2) is 11.4. The zero-order valence-electron chi connectivity index (χ0n) is 23.0. The summed E-state index contributed by atoms with van der Waals surface area (Å²) in [6.07, 6.45) is 11.3. The number of nitrogens with zero attached hydrogens (tertiary/aromatic N) is 6.